The number of halogens is 4. The van der Waals surface area contributed by atoms with Gasteiger partial charge in [0.05, 0.1) is 13.2 Å². The average molecular weight is 517 g/mol. The molecule has 1 saturated heterocycles. The molecule has 4 aromatic rings. The molecule has 186 valence electrons. The van der Waals surface area contributed by atoms with E-state index in [0.717, 1.165) is 21.9 Å². The molecule has 0 amide bonds. The zero-order valence-corrected chi connectivity index (χ0v) is 20.0. The van der Waals surface area contributed by atoms with Crippen LogP contribution in [-0.4, -0.2) is 44.2 Å². The van der Waals surface area contributed by atoms with Gasteiger partial charge >= 0.3 is 0 Å². The van der Waals surface area contributed by atoms with Gasteiger partial charge in [-0.1, -0.05) is 11.6 Å². The van der Waals surface area contributed by atoms with Crippen molar-refractivity contribution in [1.29, 1.82) is 0 Å². The molecule has 1 unspecified atom stereocenters. The number of rotatable bonds is 4. The number of morpholine rings is 1. The van der Waals surface area contributed by atoms with E-state index in [1.165, 1.54) is 19.2 Å². The SMILES string of the molecule is Cc1cc(C2CN(c3nc(-c4ccc(Cl)cc4F)c4nc(C(F)F)n(C)c(=O)c4n3)CCO2)ccn1. The molecule has 8 nitrogen and oxygen atoms in total. The summed E-state index contributed by atoms with van der Waals surface area (Å²) in [6, 6.07) is 7.65. The van der Waals surface area contributed by atoms with Gasteiger partial charge in [-0.15, -0.1) is 0 Å². The highest BCUT2D eigenvalue weighted by Gasteiger charge is 2.28. The van der Waals surface area contributed by atoms with Crippen molar-refractivity contribution < 1.29 is 17.9 Å². The summed E-state index contributed by atoms with van der Waals surface area (Å²) in [4.78, 5) is 32.0. The number of pyridine rings is 1. The molecular formula is C24H20ClF3N6O2. The number of alkyl halides is 2. The Morgan fingerprint density at radius 3 is 2.67 bits per heavy atom. The first kappa shape index (κ1) is 24.1. The van der Waals surface area contributed by atoms with Crippen molar-refractivity contribution >= 4 is 28.6 Å². The highest BCUT2D eigenvalue weighted by Crippen LogP contribution is 2.32. The van der Waals surface area contributed by atoms with Crippen LogP contribution in [-0.2, 0) is 11.8 Å². The standard InChI is InChI=1S/C24H20ClF3N6O2/c1-12-9-13(5-6-29-12)17-11-34(7-8-36-17)24-31-18(15-4-3-14(25)10-16(15)26)19-20(32-24)23(35)33(2)22(30-19)21(27)28/h3-6,9-10,17,21H,7-8,11H2,1-2H3. The third-order valence-electron chi connectivity index (χ3n) is 5.97. The Kier molecular flexibility index (Phi) is 6.35. The summed E-state index contributed by atoms with van der Waals surface area (Å²) in [5.41, 5.74) is 0.433. The molecule has 5 rings (SSSR count). The summed E-state index contributed by atoms with van der Waals surface area (Å²) in [5, 5.41) is 0.149. The number of aromatic nitrogens is 5. The number of fused-ring (bicyclic) bond motifs is 1. The van der Waals surface area contributed by atoms with Gasteiger partial charge in [0.1, 0.15) is 23.1 Å². The first-order valence-corrected chi connectivity index (χ1v) is 11.4. The van der Waals surface area contributed by atoms with E-state index in [2.05, 4.69) is 19.9 Å². The van der Waals surface area contributed by atoms with E-state index in [1.54, 1.807) is 11.1 Å². The molecule has 0 N–H and O–H groups in total. The fourth-order valence-corrected chi connectivity index (χ4v) is 4.32. The Morgan fingerprint density at radius 2 is 1.94 bits per heavy atom. The van der Waals surface area contributed by atoms with Gasteiger partial charge in [0.25, 0.3) is 12.0 Å². The highest BCUT2D eigenvalue weighted by atomic mass is 35.5. The van der Waals surface area contributed by atoms with Gasteiger partial charge in [-0.25, -0.2) is 28.1 Å². The second-order valence-corrected chi connectivity index (χ2v) is 8.80. The fraction of sp³-hybridized carbons (Fsp3) is 0.292. The van der Waals surface area contributed by atoms with Gasteiger partial charge in [-0.05, 0) is 42.8 Å². The van der Waals surface area contributed by atoms with E-state index in [-0.39, 0.29) is 39.4 Å². The van der Waals surface area contributed by atoms with Crippen molar-refractivity contribution in [2.45, 2.75) is 19.5 Å². The van der Waals surface area contributed by atoms with Crippen molar-refractivity contribution in [3.05, 3.63) is 74.8 Å². The van der Waals surface area contributed by atoms with Crippen LogP contribution in [0.3, 0.4) is 0 Å². The van der Waals surface area contributed by atoms with Crippen molar-refractivity contribution in [3.8, 4) is 11.3 Å². The molecule has 0 bridgehead atoms. The van der Waals surface area contributed by atoms with Crippen LogP contribution < -0.4 is 10.5 Å². The number of nitrogens with zero attached hydrogens (tertiary/aromatic N) is 6. The lowest BCUT2D eigenvalue weighted by molar-refractivity contribution is 0.0391. The van der Waals surface area contributed by atoms with E-state index in [0.29, 0.717) is 19.7 Å². The highest BCUT2D eigenvalue weighted by molar-refractivity contribution is 6.30. The lowest BCUT2D eigenvalue weighted by Gasteiger charge is -2.33. The maximum Gasteiger partial charge on any atom is 0.295 e. The third kappa shape index (κ3) is 4.40. The minimum Gasteiger partial charge on any atom is -0.370 e. The lowest BCUT2D eigenvalue weighted by Crippen LogP contribution is -2.39. The topological polar surface area (TPSA) is 86.0 Å². The maximum atomic E-state index is 15.0. The van der Waals surface area contributed by atoms with Crippen LogP contribution in [0.4, 0.5) is 19.1 Å². The van der Waals surface area contributed by atoms with Gasteiger partial charge in [0.15, 0.2) is 11.3 Å². The molecule has 0 saturated carbocycles. The summed E-state index contributed by atoms with van der Waals surface area (Å²) in [5.74, 6) is -1.37. The number of hydrogen-bond acceptors (Lipinski definition) is 7. The Morgan fingerprint density at radius 1 is 1.14 bits per heavy atom. The molecule has 1 aliphatic heterocycles. The van der Waals surface area contributed by atoms with E-state index in [4.69, 9.17) is 16.3 Å². The van der Waals surface area contributed by atoms with Crippen molar-refractivity contribution in [1.82, 2.24) is 24.5 Å². The monoisotopic (exact) mass is 516 g/mol. The first-order valence-electron chi connectivity index (χ1n) is 11.0. The number of ether oxygens (including phenoxy) is 1. The van der Waals surface area contributed by atoms with Gasteiger partial charge < -0.3 is 9.64 Å². The minimum absolute atomic E-state index is 0.0383. The summed E-state index contributed by atoms with van der Waals surface area (Å²) in [6.45, 7) is 2.97. The summed E-state index contributed by atoms with van der Waals surface area (Å²) < 4.78 is 48.9. The Hall–Kier alpha value is -3.57. The maximum absolute atomic E-state index is 15.0. The minimum atomic E-state index is -3.03. The van der Waals surface area contributed by atoms with E-state index < -0.39 is 23.6 Å². The molecule has 0 spiro atoms. The van der Waals surface area contributed by atoms with Gasteiger partial charge in [-0.3, -0.25) is 14.3 Å². The van der Waals surface area contributed by atoms with E-state index in [1.807, 2.05) is 19.1 Å². The molecule has 0 aliphatic carbocycles. The van der Waals surface area contributed by atoms with Gasteiger partial charge in [0, 0.05) is 36.1 Å². The smallest absolute Gasteiger partial charge is 0.295 e. The average Bonchev–Trinajstić information content (AvgIpc) is 2.85. The molecular weight excluding hydrogens is 497 g/mol. The van der Waals surface area contributed by atoms with Crippen molar-refractivity contribution in [3.63, 3.8) is 0 Å². The lowest BCUT2D eigenvalue weighted by atomic mass is 10.1. The predicted molar refractivity (Wildman–Crippen MR) is 128 cm³/mol. The van der Waals surface area contributed by atoms with Crippen LogP contribution in [0.2, 0.25) is 5.02 Å². The van der Waals surface area contributed by atoms with E-state index >= 15 is 0 Å². The Bertz CT molecular complexity index is 1530. The summed E-state index contributed by atoms with van der Waals surface area (Å²) in [7, 11) is 1.19. The number of anilines is 1. The molecule has 1 aromatic carbocycles. The van der Waals surface area contributed by atoms with Crippen LogP contribution in [0.15, 0.2) is 41.3 Å². The number of benzene rings is 1. The summed E-state index contributed by atoms with van der Waals surface area (Å²) in [6.07, 6.45) is -1.66. The van der Waals surface area contributed by atoms with Crippen molar-refractivity contribution in [2.75, 3.05) is 24.6 Å². The summed E-state index contributed by atoms with van der Waals surface area (Å²) >= 11 is 5.91. The van der Waals surface area contributed by atoms with Crippen LogP contribution in [0.25, 0.3) is 22.3 Å². The Labute approximate surface area is 208 Å². The fourth-order valence-electron chi connectivity index (χ4n) is 4.16. The molecule has 1 fully saturated rings. The second-order valence-electron chi connectivity index (χ2n) is 8.36. The quantitative estimate of drug-likeness (QED) is 0.397. The zero-order valence-electron chi connectivity index (χ0n) is 19.3. The molecule has 36 heavy (non-hydrogen) atoms. The van der Waals surface area contributed by atoms with Crippen LogP contribution in [0.1, 0.15) is 29.6 Å². The zero-order chi connectivity index (χ0) is 25.6. The molecule has 1 aliphatic rings. The number of hydrogen-bond donors (Lipinski definition) is 0. The second kappa shape index (κ2) is 9.47. The molecule has 4 heterocycles. The van der Waals surface area contributed by atoms with Crippen LogP contribution in [0, 0.1) is 12.7 Å². The normalized spacial score (nSPS) is 16.2. The van der Waals surface area contributed by atoms with E-state index in [9.17, 15) is 18.0 Å². The van der Waals surface area contributed by atoms with Gasteiger partial charge in [0.2, 0.25) is 5.95 Å². The first-order chi connectivity index (χ1) is 17.2. The molecule has 3 aromatic heterocycles. The van der Waals surface area contributed by atoms with Crippen LogP contribution >= 0.6 is 11.6 Å². The third-order valence-corrected chi connectivity index (χ3v) is 6.21. The molecule has 0 radical (unpaired) electrons. The van der Waals surface area contributed by atoms with Crippen LogP contribution in [0.5, 0.6) is 0 Å². The molecule has 12 heteroatoms. The Balaban J connectivity index is 1.69. The molecule has 1 atom stereocenters. The van der Waals surface area contributed by atoms with Crippen molar-refractivity contribution in [2.24, 2.45) is 7.05 Å². The van der Waals surface area contributed by atoms with Gasteiger partial charge in [-0.2, -0.15) is 0 Å². The largest absolute Gasteiger partial charge is 0.370 e. The predicted octanol–water partition coefficient (Wildman–Crippen LogP) is 4.40. The number of aryl methyl sites for hydroxylation is 1.